The lowest BCUT2D eigenvalue weighted by Gasteiger charge is -2.19. The summed E-state index contributed by atoms with van der Waals surface area (Å²) in [5.41, 5.74) is 4.28. The van der Waals surface area contributed by atoms with Gasteiger partial charge in [0.25, 0.3) is 0 Å². The summed E-state index contributed by atoms with van der Waals surface area (Å²) in [6.07, 6.45) is 0.933. The van der Waals surface area contributed by atoms with Crippen molar-refractivity contribution < 1.29 is 0 Å². The zero-order chi connectivity index (χ0) is 14.7. The van der Waals surface area contributed by atoms with Crippen molar-refractivity contribution in [2.75, 3.05) is 13.1 Å². The highest BCUT2D eigenvalue weighted by Crippen LogP contribution is 2.17. The van der Waals surface area contributed by atoms with Gasteiger partial charge in [-0.15, -0.1) is 0 Å². The molecule has 0 atom stereocenters. The van der Waals surface area contributed by atoms with Crippen LogP contribution < -0.4 is 5.43 Å². The van der Waals surface area contributed by atoms with Crippen LogP contribution in [0, 0.1) is 6.92 Å². The van der Waals surface area contributed by atoms with E-state index in [4.69, 9.17) is 0 Å². The molecule has 0 aliphatic rings. The van der Waals surface area contributed by atoms with Crippen LogP contribution in [0.5, 0.6) is 0 Å². The maximum atomic E-state index is 12.7. The quantitative estimate of drug-likeness (QED) is 0.907. The van der Waals surface area contributed by atoms with E-state index >= 15 is 0 Å². The van der Waals surface area contributed by atoms with Crippen LogP contribution in [0.2, 0.25) is 0 Å². The summed E-state index contributed by atoms with van der Waals surface area (Å²) in [4.78, 5) is 18.5. The number of hydrogen-bond acceptors (Lipinski definition) is 2. The Morgan fingerprint density at radius 2 is 1.85 bits per heavy atom. The van der Waals surface area contributed by atoms with Gasteiger partial charge in [0.1, 0.15) is 0 Å². The summed E-state index contributed by atoms with van der Waals surface area (Å²) in [7, 11) is 0. The summed E-state index contributed by atoms with van der Waals surface area (Å²) >= 11 is 0. The minimum absolute atomic E-state index is 0.179. The molecule has 2 aromatic rings. The van der Waals surface area contributed by atoms with Crippen molar-refractivity contribution in [3.8, 4) is 0 Å². The van der Waals surface area contributed by atoms with Crippen molar-refractivity contribution in [2.24, 2.45) is 0 Å². The van der Waals surface area contributed by atoms with Crippen LogP contribution in [0.15, 0.2) is 23.0 Å². The first-order valence-electron chi connectivity index (χ1n) is 7.48. The Bertz CT molecular complexity index is 654. The fourth-order valence-electron chi connectivity index (χ4n) is 2.69. The molecular weight excluding hydrogens is 248 g/mol. The maximum Gasteiger partial charge on any atom is 0.194 e. The van der Waals surface area contributed by atoms with Crippen molar-refractivity contribution in [2.45, 2.75) is 40.7 Å². The molecule has 2 rings (SSSR count). The molecule has 20 heavy (non-hydrogen) atoms. The summed E-state index contributed by atoms with van der Waals surface area (Å²) in [5.74, 6) is 0. The van der Waals surface area contributed by atoms with Crippen molar-refractivity contribution in [1.82, 2.24) is 9.88 Å². The number of rotatable bonds is 5. The molecule has 0 spiro atoms. The van der Waals surface area contributed by atoms with Gasteiger partial charge < -0.3 is 4.98 Å². The highest BCUT2D eigenvalue weighted by molar-refractivity contribution is 5.82. The molecule has 0 aliphatic heterocycles. The number of fused-ring (bicyclic) bond motifs is 1. The summed E-state index contributed by atoms with van der Waals surface area (Å²) in [6.45, 7) is 11.0. The van der Waals surface area contributed by atoms with E-state index in [0.717, 1.165) is 48.2 Å². The lowest BCUT2D eigenvalue weighted by molar-refractivity contribution is 0.294. The number of nitrogens with zero attached hydrogens (tertiary/aromatic N) is 1. The molecule has 3 nitrogen and oxygen atoms in total. The Labute approximate surface area is 120 Å². The lowest BCUT2D eigenvalue weighted by atomic mass is 10.0. The molecule has 1 heterocycles. The average molecular weight is 272 g/mol. The average Bonchev–Trinajstić information content (AvgIpc) is 2.47. The SMILES string of the molecule is CCc1cccc2c(=O)c(CN(CC)CC)c(C)[nH]c12. The second kappa shape index (κ2) is 6.23. The van der Waals surface area contributed by atoms with Crippen molar-refractivity contribution >= 4 is 10.9 Å². The predicted octanol–water partition coefficient (Wildman–Crippen LogP) is 3.24. The highest BCUT2D eigenvalue weighted by atomic mass is 16.1. The van der Waals surface area contributed by atoms with E-state index in [1.807, 2.05) is 19.1 Å². The molecule has 3 heteroatoms. The van der Waals surface area contributed by atoms with Gasteiger partial charge in [-0.05, 0) is 38.1 Å². The number of aromatic amines is 1. The van der Waals surface area contributed by atoms with Gasteiger partial charge in [-0.3, -0.25) is 9.69 Å². The molecule has 0 saturated carbocycles. The third-order valence-corrected chi connectivity index (χ3v) is 4.09. The summed E-state index contributed by atoms with van der Waals surface area (Å²) in [6, 6.07) is 5.99. The molecule has 0 unspecified atom stereocenters. The van der Waals surface area contributed by atoms with E-state index in [-0.39, 0.29) is 5.43 Å². The van der Waals surface area contributed by atoms with Gasteiger partial charge >= 0.3 is 0 Å². The van der Waals surface area contributed by atoms with Gasteiger partial charge in [-0.1, -0.05) is 32.9 Å². The lowest BCUT2D eigenvalue weighted by Crippen LogP contribution is -2.27. The molecule has 0 amide bonds. The predicted molar refractivity (Wildman–Crippen MR) is 85.3 cm³/mol. The second-order valence-electron chi connectivity index (χ2n) is 5.21. The van der Waals surface area contributed by atoms with Gasteiger partial charge in [-0.2, -0.15) is 0 Å². The number of para-hydroxylation sites is 1. The minimum Gasteiger partial charge on any atom is -0.358 e. The molecule has 0 radical (unpaired) electrons. The molecule has 1 aromatic carbocycles. The number of benzene rings is 1. The maximum absolute atomic E-state index is 12.7. The highest BCUT2D eigenvalue weighted by Gasteiger charge is 2.13. The number of aromatic nitrogens is 1. The number of pyridine rings is 1. The van der Waals surface area contributed by atoms with Gasteiger partial charge in [-0.25, -0.2) is 0 Å². The summed E-state index contributed by atoms with van der Waals surface area (Å²) in [5, 5.41) is 0.817. The fourth-order valence-corrected chi connectivity index (χ4v) is 2.69. The summed E-state index contributed by atoms with van der Waals surface area (Å²) < 4.78 is 0. The van der Waals surface area contributed by atoms with Crippen molar-refractivity contribution in [3.63, 3.8) is 0 Å². The zero-order valence-corrected chi connectivity index (χ0v) is 12.9. The van der Waals surface area contributed by atoms with Gasteiger partial charge in [0.15, 0.2) is 5.43 Å². The van der Waals surface area contributed by atoms with Crippen LogP contribution in [0.4, 0.5) is 0 Å². The largest absolute Gasteiger partial charge is 0.358 e. The molecule has 1 aromatic heterocycles. The number of nitrogens with one attached hydrogen (secondary N) is 1. The van der Waals surface area contributed by atoms with Crippen LogP contribution in [-0.4, -0.2) is 23.0 Å². The Morgan fingerprint density at radius 3 is 2.45 bits per heavy atom. The standard InChI is InChI=1S/C17H24N2O/c1-5-13-9-8-10-14-16(13)18-12(4)15(17(14)20)11-19(6-2)7-3/h8-10H,5-7,11H2,1-4H3,(H,18,20). The van der Waals surface area contributed by atoms with E-state index in [2.05, 4.69) is 36.7 Å². The first-order valence-corrected chi connectivity index (χ1v) is 7.48. The minimum atomic E-state index is 0.179. The van der Waals surface area contributed by atoms with Crippen molar-refractivity contribution in [3.05, 3.63) is 45.2 Å². The topological polar surface area (TPSA) is 36.1 Å². The van der Waals surface area contributed by atoms with E-state index in [0.29, 0.717) is 0 Å². The molecule has 0 fully saturated rings. The zero-order valence-electron chi connectivity index (χ0n) is 12.9. The number of hydrogen-bond donors (Lipinski definition) is 1. The van der Waals surface area contributed by atoms with E-state index in [1.54, 1.807) is 0 Å². The first kappa shape index (κ1) is 14.8. The van der Waals surface area contributed by atoms with Crippen LogP contribution in [-0.2, 0) is 13.0 Å². The monoisotopic (exact) mass is 272 g/mol. The van der Waals surface area contributed by atoms with E-state index in [1.165, 1.54) is 5.56 Å². The van der Waals surface area contributed by atoms with Gasteiger partial charge in [0, 0.05) is 23.2 Å². The fraction of sp³-hybridized carbons (Fsp3) is 0.471. The molecule has 0 saturated heterocycles. The van der Waals surface area contributed by atoms with Gasteiger partial charge in [0.2, 0.25) is 0 Å². The van der Waals surface area contributed by atoms with Crippen LogP contribution in [0.3, 0.4) is 0 Å². The molecule has 108 valence electrons. The van der Waals surface area contributed by atoms with Gasteiger partial charge in [0.05, 0.1) is 5.52 Å². The van der Waals surface area contributed by atoms with E-state index in [9.17, 15) is 4.79 Å². The normalized spacial score (nSPS) is 11.4. The van der Waals surface area contributed by atoms with Crippen molar-refractivity contribution in [1.29, 1.82) is 0 Å². The Kier molecular flexibility index (Phi) is 4.61. The third kappa shape index (κ3) is 2.63. The third-order valence-electron chi connectivity index (χ3n) is 4.09. The van der Waals surface area contributed by atoms with E-state index < -0.39 is 0 Å². The smallest absolute Gasteiger partial charge is 0.194 e. The Hall–Kier alpha value is -1.61. The molecular formula is C17H24N2O. The number of H-pyrrole nitrogens is 1. The number of aryl methyl sites for hydroxylation is 2. The Morgan fingerprint density at radius 1 is 1.15 bits per heavy atom. The molecule has 1 N–H and O–H groups in total. The second-order valence-corrected chi connectivity index (χ2v) is 5.21. The molecule has 0 aliphatic carbocycles. The van der Waals surface area contributed by atoms with Crippen LogP contribution in [0.1, 0.15) is 37.6 Å². The molecule has 0 bridgehead atoms. The first-order chi connectivity index (χ1) is 9.62. The van der Waals surface area contributed by atoms with Crippen LogP contribution in [0.25, 0.3) is 10.9 Å². The Balaban J connectivity index is 2.61. The van der Waals surface area contributed by atoms with Crippen LogP contribution >= 0.6 is 0 Å².